The zero-order chi connectivity index (χ0) is 31.4. The number of aromatic nitrogens is 3. The normalized spacial score (nSPS) is 13.6. The Morgan fingerprint density at radius 2 is 1.00 bits per heavy atom. The number of para-hydroxylation sites is 1. The van der Waals surface area contributed by atoms with Crippen LogP contribution in [0, 0.1) is 0 Å². The molecule has 0 radical (unpaired) electrons. The average molecular weight is 610 g/mol. The van der Waals surface area contributed by atoms with Gasteiger partial charge in [-0.1, -0.05) is 133 Å². The fourth-order valence-corrected chi connectivity index (χ4v) is 8.65. The molecule has 0 amide bonds. The van der Waals surface area contributed by atoms with Crippen LogP contribution in [0.15, 0.2) is 164 Å². The Morgan fingerprint density at radius 3 is 1.71 bits per heavy atom. The second-order valence-corrected chi connectivity index (χ2v) is 12.9. The van der Waals surface area contributed by atoms with E-state index in [9.17, 15) is 0 Å². The van der Waals surface area contributed by atoms with Crippen LogP contribution in [-0.2, 0) is 5.41 Å². The SMILES string of the molecule is c1ccc2c(c1)-c1ccccc1C21c2ccccc2-c2ccc(-c3ccc(-c4nc5ccccc5c5nc6ccccn6c45)cc3)cc21. The van der Waals surface area contributed by atoms with Crippen LogP contribution in [0.1, 0.15) is 22.3 Å². The van der Waals surface area contributed by atoms with Gasteiger partial charge in [-0.05, 0) is 79.9 Å². The number of pyridine rings is 2. The second-order valence-electron chi connectivity index (χ2n) is 12.9. The van der Waals surface area contributed by atoms with Gasteiger partial charge in [-0.3, -0.25) is 4.40 Å². The minimum absolute atomic E-state index is 0.348. The lowest BCUT2D eigenvalue weighted by atomic mass is 9.70. The first-order valence-corrected chi connectivity index (χ1v) is 16.5. The predicted octanol–water partition coefficient (Wildman–Crippen LogP) is 10.7. The Kier molecular flexibility index (Phi) is 5.04. The first kappa shape index (κ1) is 25.8. The van der Waals surface area contributed by atoms with Crippen molar-refractivity contribution in [2.75, 3.05) is 0 Å². The van der Waals surface area contributed by atoms with E-state index in [1.165, 1.54) is 55.6 Å². The standard InChI is InChI=1S/C45H27N3/c1-5-15-36-31(11-1)32-12-2-6-16-37(32)45(36)38-17-7-3-13-33(38)34-25-24-30(27-39(34)45)28-20-22-29(23-21-28)42-44-43(35-14-4-8-18-40(35)46-42)47-41-19-9-10-26-48(41)44/h1-27H. The first-order chi connectivity index (χ1) is 23.8. The highest BCUT2D eigenvalue weighted by molar-refractivity contribution is 6.09. The molecule has 1 spiro atoms. The van der Waals surface area contributed by atoms with Gasteiger partial charge in [0, 0.05) is 17.1 Å². The van der Waals surface area contributed by atoms with Crippen molar-refractivity contribution in [1.82, 2.24) is 14.4 Å². The third-order valence-electron chi connectivity index (χ3n) is 10.6. The van der Waals surface area contributed by atoms with Crippen molar-refractivity contribution in [3.8, 4) is 44.6 Å². The number of nitrogens with zero attached hydrogens (tertiary/aromatic N) is 3. The summed E-state index contributed by atoms with van der Waals surface area (Å²) in [5.74, 6) is 0. The van der Waals surface area contributed by atoms with Gasteiger partial charge in [0.25, 0.3) is 0 Å². The molecule has 0 saturated heterocycles. The minimum atomic E-state index is -0.348. The summed E-state index contributed by atoms with van der Waals surface area (Å²) in [5.41, 5.74) is 18.7. The Bertz CT molecular complexity index is 2720. The zero-order valence-corrected chi connectivity index (χ0v) is 25.9. The minimum Gasteiger partial charge on any atom is -0.298 e. The second kappa shape index (κ2) is 9.37. The molecule has 0 fully saturated rings. The van der Waals surface area contributed by atoms with E-state index in [4.69, 9.17) is 9.97 Å². The molecule has 0 saturated carbocycles. The van der Waals surface area contributed by atoms with Crippen molar-refractivity contribution in [3.63, 3.8) is 0 Å². The van der Waals surface area contributed by atoms with Crippen LogP contribution >= 0.6 is 0 Å². The zero-order valence-electron chi connectivity index (χ0n) is 25.9. The fraction of sp³-hybridized carbons (Fsp3) is 0.0222. The van der Waals surface area contributed by atoms with Crippen molar-refractivity contribution < 1.29 is 0 Å². The summed E-state index contributed by atoms with van der Waals surface area (Å²) in [6, 6.07) is 57.4. The summed E-state index contributed by atoms with van der Waals surface area (Å²) < 4.78 is 2.16. The maximum absolute atomic E-state index is 5.20. The van der Waals surface area contributed by atoms with Gasteiger partial charge in [-0.25, -0.2) is 9.97 Å². The van der Waals surface area contributed by atoms with Gasteiger partial charge in [-0.2, -0.15) is 0 Å². The van der Waals surface area contributed by atoms with Crippen LogP contribution in [-0.4, -0.2) is 14.4 Å². The predicted molar refractivity (Wildman–Crippen MR) is 195 cm³/mol. The number of fused-ring (bicyclic) bond motifs is 15. The molecule has 48 heavy (non-hydrogen) atoms. The van der Waals surface area contributed by atoms with E-state index in [1.807, 2.05) is 12.1 Å². The summed E-state index contributed by atoms with van der Waals surface area (Å²) in [6.45, 7) is 0. The van der Waals surface area contributed by atoms with Crippen LogP contribution in [0.4, 0.5) is 0 Å². The molecule has 0 aliphatic heterocycles. The van der Waals surface area contributed by atoms with E-state index < -0.39 is 0 Å². The van der Waals surface area contributed by atoms with E-state index in [0.29, 0.717) is 0 Å². The molecule has 3 heteroatoms. The highest BCUT2D eigenvalue weighted by atomic mass is 15.0. The molecule has 3 heterocycles. The van der Waals surface area contributed by atoms with E-state index in [2.05, 4.69) is 156 Å². The fourth-order valence-electron chi connectivity index (χ4n) is 8.65. The lowest BCUT2D eigenvalue weighted by Gasteiger charge is -2.30. The van der Waals surface area contributed by atoms with Crippen molar-refractivity contribution in [2.45, 2.75) is 5.41 Å². The number of benzene rings is 6. The van der Waals surface area contributed by atoms with E-state index in [-0.39, 0.29) is 5.41 Å². The van der Waals surface area contributed by atoms with Crippen LogP contribution in [0.25, 0.3) is 72.2 Å². The third-order valence-corrected chi connectivity index (χ3v) is 10.6. The van der Waals surface area contributed by atoms with E-state index >= 15 is 0 Å². The molecule has 222 valence electrons. The summed E-state index contributed by atoms with van der Waals surface area (Å²) in [7, 11) is 0. The average Bonchev–Trinajstić information content (AvgIpc) is 3.79. The van der Waals surface area contributed by atoms with Crippen molar-refractivity contribution in [1.29, 1.82) is 0 Å². The smallest absolute Gasteiger partial charge is 0.137 e. The maximum atomic E-state index is 5.20. The van der Waals surface area contributed by atoms with Gasteiger partial charge in [0.2, 0.25) is 0 Å². The van der Waals surface area contributed by atoms with Crippen LogP contribution < -0.4 is 0 Å². The van der Waals surface area contributed by atoms with Crippen molar-refractivity contribution >= 4 is 27.6 Å². The van der Waals surface area contributed by atoms with Gasteiger partial charge in [0.05, 0.1) is 22.1 Å². The largest absolute Gasteiger partial charge is 0.298 e. The van der Waals surface area contributed by atoms with E-state index in [0.717, 1.165) is 38.8 Å². The molecular weight excluding hydrogens is 583 g/mol. The van der Waals surface area contributed by atoms with Gasteiger partial charge < -0.3 is 0 Å². The molecule has 0 unspecified atom stereocenters. The Hall–Kier alpha value is -6.32. The number of hydrogen-bond donors (Lipinski definition) is 0. The Balaban J connectivity index is 1.10. The molecule has 11 rings (SSSR count). The summed E-state index contributed by atoms with van der Waals surface area (Å²) in [6.07, 6.45) is 2.08. The monoisotopic (exact) mass is 609 g/mol. The lowest BCUT2D eigenvalue weighted by Crippen LogP contribution is -2.25. The molecule has 9 aromatic rings. The molecule has 2 aliphatic rings. The Labute approximate surface area is 277 Å². The topological polar surface area (TPSA) is 30.2 Å². The highest BCUT2D eigenvalue weighted by Crippen LogP contribution is 2.63. The van der Waals surface area contributed by atoms with Crippen LogP contribution in [0.5, 0.6) is 0 Å². The summed E-state index contributed by atoms with van der Waals surface area (Å²) >= 11 is 0. The van der Waals surface area contributed by atoms with Crippen LogP contribution in [0.2, 0.25) is 0 Å². The van der Waals surface area contributed by atoms with Gasteiger partial charge in [-0.15, -0.1) is 0 Å². The third kappa shape index (κ3) is 3.22. The van der Waals surface area contributed by atoms with E-state index in [1.54, 1.807) is 0 Å². The molecular formula is C45H27N3. The lowest BCUT2D eigenvalue weighted by molar-refractivity contribution is 0.794. The van der Waals surface area contributed by atoms with Gasteiger partial charge in [0.1, 0.15) is 11.2 Å². The molecule has 0 N–H and O–H groups in total. The summed E-state index contributed by atoms with van der Waals surface area (Å²) in [5, 5.41) is 1.07. The number of hydrogen-bond acceptors (Lipinski definition) is 2. The summed E-state index contributed by atoms with van der Waals surface area (Å²) in [4.78, 5) is 10.2. The molecule has 2 aliphatic carbocycles. The molecule has 0 atom stereocenters. The maximum Gasteiger partial charge on any atom is 0.137 e. The molecule has 3 aromatic heterocycles. The number of rotatable bonds is 2. The molecule has 3 nitrogen and oxygen atoms in total. The van der Waals surface area contributed by atoms with Crippen molar-refractivity contribution in [2.24, 2.45) is 0 Å². The molecule has 0 bridgehead atoms. The Morgan fingerprint density at radius 1 is 0.438 bits per heavy atom. The quantitative estimate of drug-likeness (QED) is 0.195. The van der Waals surface area contributed by atoms with Gasteiger partial charge >= 0.3 is 0 Å². The first-order valence-electron chi connectivity index (χ1n) is 16.5. The highest BCUT2D eigenvalue weighted by Gasteiger charge is 2.51. The van der Waals surface area contributed by atoms with Gasteiger partial charge in [0.15, 0.2) is 0 Å². The van der Waals surface area contributed by atoms with Crippen molar-refractivity contribution in [3.05, 3.63) is 186 Å². The number of imidazole rings is 1. The van der Waals surface area contributed by atoms with Crippen LogP contribution in [0.3, 0.4) is 0 Å². The molecule has 6 aromatic carbocycles.